The number of alkyl carbamates (subject to hydrolysis) is 1. The molecule has 124 valence electrons. The summed E-state index contributed by atoms with van der Waals surface area (Å²) in [5.74, 6) is -0.439. The van der Waals surface area contributed by atoms with Crippen molar-refractivity contribution in [3.8, 4) is 0 Å². The van der Waals surface area contributed by atoms with Crippen molar-refractivity contribution in [2.45, 2.75) is 53.2 Å². The van der Waals surface area contributed by atoms with Gasteiger partial charge in [0.2, 0.25) is 0 Å². The van der Waals surface area contributed by atoms with Gasteiger partial charge in [0.05, 0.1) is 19.3 Å². The Morgan fingerprint density at radius 1 is 1.14 bits per heavy atom. The SMILES string of the molecule is CCOP(=O)(CC(=O)[C@H](C)NC(=O)OC(C)(C)C)OCC. The molecule has 0 radical (unpaired) electrons. The van der Waals surface area contributed by atoms with Crippen molar-refractivity contribution in [1.82, 2.24) is 5.32 Å². The van der Waals surface area contributed by atoms with Gasteiger partial charge in [-0.25, -0.2) is 4.79 Å². The molecule has 0 aliphatic carbocycles. The topological polar surface area (TPSA) is 90.9 Å². The Bertz CT molecular complexity index is 394. The molecule has 0 aliphatic rings. The Morgan fingerprint density at radius 3 is 2.00 bits per heavy atom. The third-order valence-electron chi connectivity index (χ3n) is 2.22. The van der Waals surface area contributed by atoms with E-state index >= 15 is 0 Å². The fourth-order valence-electron chi connectivity index (χ4n) is 1.41. The van der Waals surface area contributed by atoms with Crippen molar-refractivity contribution in [2.24, 2.45) is 0 Å². The first-order valence-electron chi connectivity index (χ1n) is 6.93. The van der Waals surface area contributed by atoms with Crippen molar-refractivity contribution in [3.63, 3.8) is 0 Å². The summed E-state index contributed by atoms with van der Waals surface area (Å²) in [6.45, 7) is 10.3. The number of hydrogen-bond acceptors (Lipinski definition) is 6. The summed E-state index contributed by atoms with van der Waals surface area (Å²) in [5, 5.41) is 2.40. The van der Waals surface area contributed by atoms with Crippen LogP contribution in [0.15, 0.2) is 0 Å². The van der Waals surface area contributed by atoms with Crippen molar-refractivity contribution in [3.05, 3.63) is 0 Å². The minimum atomic E-state index is -3.46. The van der Waals surface area contributed by atoms with Crippen molar-refractivity contribution >= 4 is 19.5 Å². The van der Waals surface area contributed by atoms with Crippen LogP contribution in [-0.4, -0.2) is 42.9 Å². The first kappa shape index (κ1) is 20.1. The highest BCUT2D eigenvalue weighted by atomic mass is 31.2. The number of carbonyl (C=O) groups excluding carboxylic acids is 2. The molecular formula is C13H26NO6P. The lowest BCUT2D eigenvalue weighted by Gasteiger charge is -2.22. The van der Waals surface area contributed by atoms with E-state index in [-0.39, 0.29) is 19.4 Å². The van der Waals surface area contributed by atoms with E-state index in [4.69, 9.17) is 13.8 Å². The molecule has 8 heteroatoms. The summed E-state index contributed by atoms with van der Waals surface area (Å²) in [4.78, 5) is 23.6. The minimum absolute atomic E-state index is 0.179. The van der Waals surface area contributed by atoms with E-state index in [1.54, 1.807) is 34.6 Å². The van der Waals surface area contributed by atoms with Crippen LogP contribution in [0.5, 0.6) is 0 Å². The van der Waals surface area contributed by atoms with Gasteiger partial charge in [0.25, 0.3) is 0 Å². The Kier molecular flexibility index (Phi) is 8.14. The summed E-state index contributed by atoms with van der Waals surface area (Å²) in [6.07, 6.45) is -1.09. The van der Waals surface area contributed by atoms with Gasteiger partial charge in [0.1, 0.15) is 11.8 Å². The number of ketones is 1. The molecule has 0 aromatic heterocycles. The molecular weight excluding hydrogens is 297 g/mol. The van der Waals surface area contributed by atoms with Gasteiger partial charge in [0, 0.05) is 0 Å². The summed E-state index contributed by atoms with van der Waals surface area (Å²) >= 11 is 0. The van der Waals surface area contributed by atoms with Gasteiger partial charge in [-0.15, -0.1) is 0 Å². The van der Waals surface area contributed by atoms with Crippen LogP contribution in [0, 0.1) is 0 Å². The third kappa shape index (κ3) is 8.86. The highest BCUT2D eigenvalue weighted by molar-refractivity contribution is 7.54. The normalized spacial score (nSPS) is 13.6. The quantitative estimate of drug-likeness (QED) is 0.691. The van der Waals surface area contributed by atoms with Gasteiger partial charge >= 0.3 is 13.7 Å². The zero-order valence-corrected chi connectivity index (χ0v) is 14.5. The van der Waals surface area contributed by atoms with Crippen molar-refractivity contribution in [2.75, 3.05) is 19.4 Å². The van der Waals surface area contributed by atoms with Gasteiger partial charge in [-0.3, -0.25) is 9.36 Å². The second-order valence-corrected chi connectivity index (χ2v) is 7.49. The molecule has 0 fully saturated rings. The molecule has 0 rings (SSSR count). The molecule has 0 saturated carbocycles. The van der Waals surface area contributed by atoms with Gasteiger partial charge in [0.15, 0.2) is 5.78 Å². The molecule has 0 unspecified atom stereocenters. The standard InChI is InChI=1S/C13H26NO6P/c1-7-18-21(17,19-8-2)9-11(15)10(3)14-12(16)20-13(4,5)6/h10H,7-9H2,1-6H3,(H,14,16)/t10-/m0/s1. The Morgan fingerprint density at radius 2 is 1.62 bits per heavy atom. The molecule has 0 heterocycles. The average Bonchev–Trinajstić information content (AvgIpc) is 2.26. The van der Waals surface area contributed by atoms with E-state index in [9.17, 15) is 14.2 Å². The number of rotatable bonds is 8. The fraction of sp³-hybridized carbons (Fsp3) is 0.846. The molecule has 0 aromatic carbocycles. The lowest BCUT2D eigenvalue weighted by Crippen LogP contribution is -2.42. The predicted molar refractivity (Wildman–Crippen MR) is 79.6 cm³/mol. The number of ether oxygens (including phenoxy) is 1. The molecule has 0 aromatic rings. The molecule has 21 heavy (non-hydrogen) atoms. The van der Waals surface area contributed by atoms with Crippen molar-refractivity contribution in [1.29, 1.82) is 0 Å². The smallest absolute Gasteiger partial charge is 0.408 e. The number of carbonyl (C=O) groups is 2. The zero-order chi connectivity index (χ0) is 16.7. The number of amides is 1. The fourth-order valence-corrected chi connectivity index (χ4v) is 3.11. The molecule has 0 saturated heterocycles. The van der Waals surface area contributed by atoms with Gasteiger partial charge < -0.3 is 19.1 Å². The summed E-state index contributed by atoms with van der Waals surface area (Å²) in [6, 6.07) is -0.839. The molecule has 0 spiro atoms. The molecule has 0 bridgehead atoms. The van der Waals surface area contributed by atoms with E-state index in [0.29, 0.717) is 0 Å². The Labute approximate surface area is 126 Å². The second-order valence-electron chi connectivity index (χ2n) is 5.44. The van der Waals surface area contributed by atoms with Gasteiger partial charge in [-0.1, -0.05) is 0 Å². The molecule has 1 N–H and O–H groups in total. The lowest BCUT2D eigenvalue weighted by molar-refractivity contribution is -0.118. The molecule has 7 nitrogen and oxygen atoms in total. The maximum atomic E-state index is 12.2. The lowest BCUT2D eigenvalue weighted by atomic mass is 10.2. The summed E-state index contributed by atoms with van der Waals surface area (Å²) < 4.78 is 27.4. The maximum absolute atomic E-state index is 12.2. The largest absolute Gasteiger partial charge is 0.444 e. The maximum Gasteiger partial charge on any atom is 0.408 e. The van der Waals surface area contributed by atoms with Gasteiger partial charge in [-0.05, 0) is 41.5 Å². The van der Waals surface area contributed by atoms with Crippen LogP contribution in [0.1, 0.15) is 41.5 Å². The molecule has 1 atom stereocenters. The van der Waals surface area contributed by atoms with Crippen LogP contribution < -0.4 is 5.32 Å². The van der Waals surface area contributed by atoms with Crippen LogP contribution >= 0.6 is 7.60 Å². The first-order valence-corrected chi connectivity index (χ1v) is 8.66. The predicted octanol–water partition coefficient (Wildman–Crippen LogP) is 2.73. The van der Waals surface area contributed by atoms with E-state index in [2.05, 4.69) is 5.32 Å². The minimum Gasteiger partial charge on any atom is -0.444 e. The first-order chi connectivity index (χ1) is 9.53. The molecule has 0 aliphatic heterocycles. The van der Waals surface area contributed by atoms with Crippen LogP contribution in [0.4, 0.5) is 4.79 Å². The number of nitrogens with one attached hydrogen (secondary N) is 1. The third-order valence-corrected chi connectivity index (χ3v) is 4.22. The zero-order valence-electron chi connectivity index (χ0n) is 13.6. The highest BCUT2D eigenvalue weighted by Gasteiger charge is 2.31. The monoisotopic (exact) mass is 323 g/mol. The van der Waals surface area contributed by atoms with Crippen molar-refractivity contribution < 1.29 is 27.9 Å². The van der Waals surface area contributed by atoms with Crippen LogP contribution in [0.25, 0.3) is 0 Å². The van der Waals surface area contributed by atoms with Gasteiger partial charge in [-0.2, -0.15) is 0 Å². The summed E-state index contributed by atoms with van der Waals surface area (Å²) in [7, 11) is -3.46. The Hall–Kier alpha value is -0.910. The van der Waals surface area contributed by atoms with E-state index in [0.717, 1.165) is 0 Å². The summed E-state index contributed by atoms with van der Waals surface area (Å²) in [5.41, 5.74) is -0.654. The van der Waals surface area contributed by atoms with E-state index in [1.807, 2.05) is 0 Å². The van der Waals surface area contributed by atoms with Crippen LogP contribution in [0.3, 0.4) is 0 Å². The van der Waals surface area contributed by atoms with E-state index < -0.39 is 31.1 Å². The number of hydrogen-bond donors (Lipinski definition) is 1. The highest BCUT2D eigenvalue weighted by Crippen LogP contribution is 2.47. The van der Waals surface area contributed by atoms with Crippen LogP contribution in [-0.2, 0) is 23.1 Å². The molecule has 1 amide bonds. The average molecular weight is 323 g/mol. The number of Topliss-reactive ketones (excluding diaryl/α,β-unsaturated/α-hetero) is 1. The van der Waals surface area contributed by atoms with E-state index in [1.165, 1.54) is 6.92 Å². The van der Waals surface area contributed by atoms with Crippen LogP contribution in [0.2, 0.25) is 0 Å². The Balaban J connectivity index is 4.56. The second kappa shape index (κ2) is 8.51.